The second-order valence-corrected chi connectivity index (χ2v) is 4.41. The third kappa shape index (κ3) is 2.89. The summed E-state index contributed by atoms with van der Waals surface area (Å²) < 4.78 is 13.5. The zero-order valence-corrected chi connectivity index (χ0v) is 10.2. The molecule has 1 aliphatic rings. The fraction of sp³-hybridized carbons (Fsp3) is 0.500. The summed E-state index contributed by atoms with van der Waals surface area (Å²) in [5.41, 5.74) is 6.09. The predicted molar refractivity (Wildman–Crippen MR) is 65.6 cm³/mol. The summed E-state index contributed by atoms with van der Waals surface area (Å²) in [6, 6.07) is 3.11. The van der Waals surface area contributed by atoms with E-state index in [0.29, 0.717) is 0 Å². The van der Waals surface area contributed by atoms with Gasteiger partial charge < -0.3 is 15.9 Å². The van der Waals surface area contributed by atoms with Crippen LogP contribution < -0.4 is 5.73 Å². The number of phenols is 1. The summed E-state index contributed by atoms with van der Waals surface area (Å²) in [5, 5.41) is 19.0. The van der Waals surface area contributed by atoms with Gasteiger partial charge in [-0.2, -0.15) is 0 Å². The van der Waals surface area contributed by atoms with Crippen molar-refractivity contribution >= 4 is 12.4 Å². The Morgan fingerprint density at radius 3 is 2.47 bits per heavy atom. The number of nitrogens with two attached hydrogens (primary N) is 1. The van der Waals surface area contributed by atoms with Crippen LogP contribution in [0.1, 0.15) is 30.9 Å². The molecule has 0 spiro atoms. The highest BCUT2D eigenvalue weighted by Gasteiger charge is 2.31. The first-order chi connectivity index (χ1) is 7.59. The summed E-state index contributed by atoms with van der Waals surface area (Å²) >= 11 is 0. The van der Waals surface area contributed by atoms with Gasteiger partial charge in [-0.25, -0.2) is 4.39 Å². The second-order valence-electron chi connectivity index (χ2n) is 4.41. The molecule has 17 heavy (non-hydrogen) atoms. The number of phenolic OH excluding ortho intramolecular Hbond substituents is 1. The van der Waals surface area contributed by atoms with Gasteiger partial charge in [0.05, 0.1) is 12.1 Å². The normalized spacial score (nSPS) is 19.0. The van der Waals surface area contributed by atoms with E-state index in [1.54, 1.807) is 0 Å². The zero-order valence-electron chi connectivity index (χ0n) is 9.34. The predicted octanol–water partition coefficient (Wildman–Crippen LogP) is 2.11. The van der Waals surface area contributed by atoms with E-state index in [1.807, 2.05) is 0 Å². The molecule has 1 aromatic carbocycles. The highest BCUT2D eigenvalue weighted by molar-refractivity contribution is 5.85. The van der Waals surface area contributed by atoms with E-state index in [0.717, 1.165) is 25.3 Å². The Morgan fingerprint density at radius 1 is 1.35 bits per heavy atom. The van der Waals surface area contributed by atoms with Crippen molar-refractivity contribution in [3.63, 3.8) is 0 Å². The fourth-order valence-corrected chi connectivity index (χ4v) is 2.04. The van der Waals surface area contributed by atoms with E-state index in [4.69, 9.17) is 10.8 Å². The molecule has 2 atom stereocenters. The second kappa shape index (κ2) is 5.67. The van der Waals surface area contributed by atoms with E-state index in [1.165, 1.54) is 12.1 Å². The lowest BCUT2D eigenvalue weighted by Crippen LogP contribution is -2.36. The average molecular weight is 262 g/mol. The molecule has 1 saturated carbocycles. The highest BCUT2D eigenvalue weighted by atomic mass is 35.5. The van der Waals surface area contributed by atoms with Gasteiger partial charge in [0, 0.05) is 11.6 Å². The van der Waals surface area contributed by atoms with Gasteiger partial charge in [0.1, 0.15) is 11.6 Å². The van der Waals surface area contributed by atoms with Crippen molar-refractivity contribution < 1.29 is 14.6 Å². The summed E-state index contributed by atoms with van der Waals surface area (Å²) in [5.74, 6) is -0.513. The van der Waals surface area contributed by atoms with Crippen LogP contribution in [0.3, 0.4) is 0 Å². The Bertz CT molecular complexity index is 385. The van der Waals surface area contributed by atoms with Crippen LogP contribution in [0.25, 0.3) is 0 Å². The van der Waals surface area contributed by atoms with Crippen LogP contribution in [-0.4, -0.2) is 16.3 Å². The Kier molecular flexibility index (Phi) is 4.74. The van der Waals surface area contributed by atoms with Gasteiger partial charge >= 0.3 is 0 Å². The van der Waals surface area contributed by atoms with Crippen molar-refractivity contribution in [2.75, 3.05) is 0 Å². The molecule has 0 aromatic heterocycles. The molecule has 5 heteroatoms. The number of aliphatic hydroxyl groups is 1. The quantitative estimate of drug-likeness (QED) is 0.781. The molecule has 0 aliphatic heterocycles. The number of halogens is 2. The van der Waals surface area contributed by atoms with Crippen molar-refractivity contribution in [3.05, 3.63) is 29.6 Å². The third-order valence-electron chi connectivity index (χ3n) is 3.34. The molecule has 4 N–H and O–H groups in total. The molecule has 2 rings (SSSR count). The Labute approximate surface area is 106 Å². The van der Waals surface area contributed by atoms with Gasteiger partial charge in [0.15, 0.2) is 0 Å². The molecule has 0 amide bonds. The summed E-state index contributed by atoms with van der Waals surface area (Å²) in [7, 11) is 0. The summed E-state index contributed by atoms with van der Waals surface area (Å²) in [4.78, 5) is 0. The molecule has 1 aromatic rings. The van der Waals surface area contributed by atoms with Crippen molar-refractivity contribution in [2.24, 2.45) is 11.7 Å². The van der Waals surface area contributed by atoms with Crippen molar-refractivity contribution in [2.45, 2.75) is 31.4 Å². The summed E-state index contributed by atoms with van der Waals surface area (Å²) in [6.45, 7) is 0. The molecule has 0 bridgehead atoms. The largest absolute Gasteiger partial charge is 0.508 e. The van der Waals surface area contributed by atoms with E-state index >= 15 is 0 Å². The van der Waals surface area contributed by atoms with Crippen LogP contribution in [0.5, 0.6) is 5.75 Å². The molecule has 96 valence electrons. The van der Waals surface area contributed by atoms with E-state index in [2.05, 4.69) is 0 Å². The van der Waals surface area contributed by atoms with E-state index in [-0.39, 0.29) is 29.6 Å². The van der Waals surface area contributed by atoms with Crippen molar-refractivity contribution in [1.29, 1.82) is 0 Å². The van der Waals surface area contributed by atoms with E-state index in [9.17, 15) is 9.50 Å². The molecule has 0 unspecified atom stereocenters. The third-order valence-corrected chi connectivity index (χ3v) is 3.34. The fourth-order valence-electron chi connectivity index (χ4n) is 2.04. The molecule has 3 nitrogen and oxygen atoms in total. The van der Waals surface area contributed by atoms with Crippen LogP contribution in [0.4, 0.5) is 4.39 Å². The standard InChI is InChI=1S/C12H16FNO2.ClH/c13-10-6-8(15)4-5-9(10)11(14)12(16)7-2-1-3-7;/h4-7,11-12,15-16H,1-3,14H2;1H/t11-,12+;/m1./s1. The molecule has 0 saturated heterocycles. The SMILES string of the molecule is Cl.N[C@H](c1ccc(O)cc1F)[C@@H](O)C1CCC1. The van der Waals surface area contributed by atoms with Crippen molar-refractivity contribution in [1.82, 2.24) is 0 Å². The molecule has 0 heterocycles. The van der Waals surface area contributed by atoms with Gasteiger partial charge in [0.25, 0.3) is 0 Å². The zero-order chi connectivity index (χ0) is 11.7. The van der Waals surface area contributed by atoms with Crippen LogP contribution in [-0.2, 0) is 0 Å². The lowest BCUT2D eigenvalue weighted by Gasteiger charge is -2.33. The van der Waals surface area contributed by atoms with Gasteiger partial charge in [-0.15, -0.1) is 12.4 Å². The monoisotopic (exact) mass is 261 g/mol. The maximum absolute atomic E-state index is 13.5. The number of aliphatic hydroxyl groups excluding tert-OH is 1. The minimum Gasteiger partial charge on any atom is -0.508 e. The van der Waals surface area contributed by atoms with Crippen LogP contribution in [0, 0.1) is 11.7 Å². The maximum atomic E-state index is 13.5. The average Bonchev–Trinajstić information content (AvgIpc) is 2.14. The number of hydrogen-bond donors (Lipinski definition) is 3. The number of hydrogen-bond acceptors (Lipinski definition) is 3. The first kappa shape index (κ1) is 14.2. The Balaban J connectivity index is 0.00000144. The molecular formula is C12H17ClFNO2. The van der Waals surface area contributed by atoms with Crippen molar-refractivity contribution in [3.8, 4) is 5.75 Å². The highest BCUT2D eigenvalue weighted by Crippen LogP contribution is 2.35. The number of benzene rings is 1. The summed E-state index contributed by atoms with van der Waals surface area (Å²) in [6.07, 6.45) is 2.31. The number of aromatic hydroxyl groups is 1. The molecule has 1 aliphatic carbocycles. The van der Waals surface area contributed by atoms with Gasteiger partial charge in [-0.3, -0.25) is 0 Å². The first-order valence-electron chi connectivity index (χ1n) is 5.51. The van der Waals surface area contributed by atoms with Gasteiger partial charge in [-0.05, 0) is 24.8 Å². The lowest BCUT2D eigenvalue weighted by molar-refractivity contribution is 0.0404. The number of rotatable bonds is 3. The van der Waals surface area contributed by atoms with E-state index < -0.39 is 18.0 Å². The molecular weight excluding hydrogens is 245 g/mol. The van der Waals surface area contributed by atoms with Crippen LogP contribution in [0.15, 0.2) is 18.2 Å². The maximum Gasteiger partial charge on any atom is 0.131 e. The minimum atomic E-state index is -0.717. The first-order valence-corrected chi connectivity index (χ1v) is 5.51. The lowest BCUT2D eigenvalue weighted by atomic mass is 9.77. The smallest absolute Gasteiger partial charge is 0.131 e. The van der Waals surface area contributed by atoms with Gasteiger partial charge in [-0.1, -0.05) is 12.5 Å². The minimum absolute atomic E-state index is 0. The Hall–Kier alpha value is -0.840. The van der Waals surface area contributed by atoms with Gasteiger partial charge in [0.2, 0.25) is 0 Å². The molecule has 0 radical (unpaired) electrons. The van der Waals surface area contributed by atoms with Crippen LogP contribution in [0.2, 0.25) is 0 Å². The van der Waals surface area contributed by atoms with Crippen LogP contribution >= 0.6 is 12.4 Å². The topological polar surface area (TPSA) is 66.5 Å². The molecule has 1 fully saturated rings. The Morgan fingerprint density at radius 2 is 2.00 bits per heavy atom.